The molecular formula is C21H40O7. The van der Waals surface area contributed by atoms with E-state index in [1.807, 2.05) is 27.7 Å². The summed E-state index contributed by atoms with van der Waals surface area (Å²) in [7, 11) is 0. The minimum absolute atomic E-state index is 0.0468. The Kier molecular flexibility index (Phi) is 15.3. The van der Waals surface area contributed by atoms with Crippen molar-refractivity contribution >= 4 is 11.8 Å². The summed E-state index contributed by atoms with van der Waals surface area (Å²) in [6.45, 7) is 14.0. The number of rotatable bonds is 18. The summed E-state index contributed by atoms with van der Waals surface area (Å²) in [6, 6.07) is 0. The molecule has 0 aliphatic heterocycles. The van der Waals surface area contributed by atoms with E-state index in [4.69, 9.17) is 23.7 Å². The van der Waals surface area contributed by atoms with E-state index in [2.05, 4.69) is 6.92 Å². The molecule has 0 aromatic heterocycles. The Labute approximate surface area is 170 Å². The molecule has 0 spiro atoms. The van der Waals surface area contributed by atoms with Crippen molar-refractivity contribution in [2.75, 3.05) is 39.6 Å². The number of hydrogen-bond acceptors (Lipinski definition) is 7. The maximum atomic E-state index is 12.3. The molecule has 7 heteroatoms. The van der Waals surface area contributed by atoms with Crippen LogP contribution < -0.4 is 0 Å². The second kappa shape index (κ2) is 15.9. The summed E-state index contributed by atoms with van der Waals surface area (Å²) in [6.07, 6.45) is 1.93. The van der Waals surface area contributed by atoms with Crippen LogP contribution in [0.2, 0.25) is 0 Å². The van der Waals surface area contributed by atoms with Gasteiger partial charge in [-0.3, -0.25) is 9.59 Å². The van der Waals surface area contributed by atoms with Gasteiger partial charge in [0.1, 0.15) is 12.2 Å². The topological polar surface area (TPSA) is 80.3 Å². The summed E-state index contributed by atoms with van der Waals surface area (Å²) in [4.78, 5) is 24.1. The predicted molar refractivity (Wildman–Crippen MR) is 107 cm³/mol. The lowest BCUT2D eigenvalue weighted by atomic mass is 9.94. The average Bonchev–Trinajstić information content (AvgIpc) is 2.66. The molecule has 0 aromatic carbocycles. The van der Waals surface area contributed by atoms with Crippen molar-refractivity contribution in [3.63, 3.8) is 0 Å². The van der Waals surface area contributed by atoms with Crippen LogP contribution in [0.25, 0.3) is 0 Å². The Balaban J connectivity index is 3.69. The molecular weight excluding hydrogens is 364 g/mol. The fraction of sp³-hybridized carbons (Fsp3) is 0.905. The molecule has 0 aliphatic carbocycles. The Morgan fingerprint density at radius 3 is 1.96 bits per heavy atom. The number of carbonyl (C=O) groups is 2. The van der Waals surface area contributed by atoms with E-state index in [1.54, 1.807) is 6.92 Å². The lowest BCUT2D eigenvalue weighted by molar-refractivity contribution is -0.153. The van der Waals surface area contributed by atoms with Gasteiger partial charge in [0.2, 0.25) is 0 Å². The fourth-order valence-corrected chi connectivity index (χ4v) is 2.38. The molecule has 0 fully saturated rings. The molecule has 28 heavy (non-hydrogen) atoms. The van der Waals surface area contributed by atoms with Crippen molar-refractivity contribution in [2.45, 2.75) is 85.0 Å². The average molecular weight is 405 g/mol. The first kappa shape index (κ1) is 27.0. The largest absolute Gasteiger partial charge is 0.463 e. The summed E-state index contributed by atoms with van der Waals surface area (Å²) in [5.74, 6) is -0.482. The lowest BCUT2D eigenvalue weighted by Gasteiger charge is -2.29. The first-order valence-electron chi connectivity index (χ1n) is 10.4. The number of hydrogen-bond donors (Lipinski definition) is 0. The molecule has 0 N–H and O–H groups in total. The van der Waals surface area contributed by atoms with Gasteiger partial charge in [-0.05, 0) is 40.5 Å². The predicted octanol–water partition coefficient (Wildman–Crippen LogP) is 3.32. The van der Waals surface area contributed by atoms with E-state index in [-0.39, 0.29) is 37.4 Å². The van der Waals surface area contributed by atoms with Gasteiger partial charge in [-0.25, -0.2) is 0 Å². The van der Waals surface area contributed by atoms with Crippen molar-refractivity contribution in [1.29, 1.82) is 0 Å². The van der Waals surface area contributed by atoms with Crippen LogP contribution in [0.15, 0.2) is 0 Å². The van der Waals surface area contributed by atoms with E-state index >= 15 is 0 Å². The Morgan fingerprint density at radius 1 is 0.857 bits per heavy atom. The zero-order valence-corrected chi connectivity index (χ0v) is 18.6. The second-order valence-corrected chi connectivity index (χ2v) is 7.21. The number of carbonyl (C=O) groups excluding carboxylic acids is 2. The van der Waals surface area contributed by atoms with E-state index in [0.29, 0.717) is 39.5 Å². The van der Waals surface area contributed by atoms with Crippen molar-refractivity contribution in [1.82, 2.24) is 0 Å². The van der Waals surface area contributed by atoms with Gasteiger partial charge in [0.15, 0.2) is 5.78 Å². The monoisotopic (exact) mass is 404 g/mol. The SMILES string of the molecule is CCC(C)OCCOCCOCCOC(=O)CCC(=O)C(C)(CC)OC(C)C. The third kappa shape index (κ3) is 13.2. The van der Waals surface area contributed by atoms with Gasteiger partial charge in [-0.2, -0.15) is 0 Å². The maximum Gasteiger partial charge on any atom is 0.306 e. The quantitative estimate of drug-likeness (QED) is 0.256. The van der Waals surface area contributed by atoms with Crippen LogP contribution in [0.4, 0.5) is 0 Å². The van der Waals surface area contributed by atoms with Crippen LogP contribution in [0, 0.1) is 0 Å². The number of ketones is 1. The van der Waals surface area contributed by atoms with Gasteiger partial charge in [-0.1, -0.05) is 13.8 Å². The van der Waals surface area contributed by atoms with Gasteiger partial charge >= 0.3 is 5.97 Å². The van der Waals surface area contributed by atoms with Gasteiger partial charge in [0, 0.05) is 6.42 Å². The van der Waals surface area contributed by atoms with E-state index in [1.165, 1.54) is 0 Å². The van der Waals surface area contributed by atoms with Crippen molar-refractivity contribution in [2.24, 2.45) is 0 Å². The molecule has 166 valence electrons. The van der Waals surface area contributed by atoms with E-state index in [9.17, 15) is 9.59 Å². The number of ether oxygens (including phenoxy) is 5. The highest BCUT2D eigenvalue weighted by molar-refractivity contribution is 5.89. The normalized spacial score (nSPS) is 14.7. The van der Waals surface area contributed by atoms with E-state index in [0.717, 1.165) is 6.42 Å². The van der Waals surface area contributed by atoms with Gasteiger partial charge in [-0.15, -0.1) is 0 Å². The van der Waals surface area contributed by atoms with Gasteiger partial charge in [0.05, 0.1) is 51.7 Å². The van der Waals surface area contributed by atoms with Gasteiger partial charge < -0.3 is 23.7 Å². The smallest absolute Gasteiger partial charge is 0.306 e. The first-order chi connectivity index (χ1) is 13.2. The zero-order valence-electron chi connectivity index (χ0n) is 18.6. The first-order valence-corrected chi connectivity index (χ1v) is 10.4. The van der Waals surface area contributed by atoms with Crippen LogP contribution in [0.1, 0.15) is 67.2 Å². The van der Waals surface area contributed by atoms with Crippen molar-refractivity contribution < 1.29 is 33.3 Å². The molecule has 0 saturated carbocycles. The number of Topliss-reactive ketones (excluding diaryl/α,β-unsaturated/α-hetero) is 1. The molecule has 0 radical (unpaired) electrons. The third-order valence-electron chi connectivity index (χ3n) is 4.38. The highest BCUT2D eigenvalue weighted by Gasteiger charge is 2.32. The van der Waals surface area contributed by atoms with Crippen LogP contribution in [-0.2, 0) is 33.3 Å². The minimum Gasteiger partial charge on any atom is -0.463 e. The Hall–Kier alpha value is -1.02. The van der Waals surface area contributed by atoms with Crippen LogP contribution in [0.5, 0.6) is 0 Å². The maximum absolute atomic E-state index is 12.3. The molecule has 0 bridgehead atoms. The molecule has 2 atom stereocenters. The van der Waals surface area contributed by atoms with Crippen molar-refractivity contribution in [3.8, 4) is 0 Å². The second-order valence-electron chi connectivity index (χ2n) is 7.21. The number of esters is 1. The molecule has 0 saturated heterocycles. The summed E-state index contributed by atoms with van der Waals surface area (Å²) >= 11 is 0. The third-order valence-corrected chi connectivity index (χ3v) is 4.38. The molecule has 2 unspecified atom stereocenters. The Bertz CT molecular complexity index is 425. The standard InChI is InChI=1S/C21H40O7/c1-7-18(5)26-15-13-24-11-12-25-14-16-27-20(23)10-9-19(22)21(6,8-2)28-17(3)4/h17-18H,7-16H2,1-6H3. The summed E-state index contributed by atoms with van der Waals surface area (Å²) < 4.78 is 27.0. The van der Waals surface area contributed by atoms with Gasteiger partial charge in [0.25, 0.3) is 0 Å². The Morgan fingerprint density at radius 2 is 1.43 bits per heavy atom. The molecule has 0 aromatic rings. The summed E-state index contributed by atoms with van der Waals surface area (Å²) in [5.41, 5.74) is -0.850. The minimum atomic E-state index is -0.850. The zero-order chi connectivity index (χ0) is 21.4. The molecule has 0 aliphatic rings. The molecule has 0 rings (SSSR count). The highest BCUT2D eigenvalue weighted by Crippen LogP contribution is 2.21. The lowest BCUT2D eigenvalue weighted by Crippen LogP contribution is -2.40. The summed E-state index contributed by atoms with van der Waals surface area (Å²) in [5, 5.41) is 0. The van der Waals surface area contributed by atoms with Crippen LogP contribution in [0.3, 0.4) is 0 Å². The van der Waals surface area contributed by atoms with Crippen LogP contribution >= 0.6 is 0 Å². The van der Waals surface area contributed by atoms with E-state index < -0.39 is 11.6 Å². The fourth-order valence-electron chi connectivity index (χ4n) is 2.38. The molecule has 7 nitrogen and oxygen atoms in total. The van der Waals surface area contributed by atoms with Crippen LogP contribution in [-0.4, -0.2) is 69.2 Å². The van der Waals surface area contributed by atoms with Crippen molar-refractivity contribution in [3.05, 3.63) is 0 Å². The molecule has 0 amide bonds. The highest BCUT2D eigenvalue weighted by atomic mass is 16.6. The molecule has 0 heterocycles.